The lowest BCUT2D eigenvalue weighted by Gasteiger charge is -2.34. The van der Waals surface area contributed by atoms with Crippen LogP contribution in [0, 0.1) is 0 Å². The molecule has 0 spiro atoms. The van der Waals surface area contributed by atoms with Crippen molar-refractivity contribution in [2.45, 2.75) is 25.2 Å². The van der Waals surface area contributed by atoms with E-state index in [9.17, 15) is 20.1 Å². The van der Waals surface area contributed by atoms with E-state index >= 15 is 0 Å². The van der Waals surface area contributed by atoms with Gasteiger partial charge in [-0.25, -0.2) is 4.68 Å². The molecule has 3 N–H and O–H groups in total. The average molecular weight is 540 g/mol. The number of benzene rings is 1. The molecule has 0 bridgehead atoms. The van der Waals surface area contributed by atoms with Gasteiger partial charge in [-0.2, -0.15) is 21.5 Å². The van der Waals surface area contributed by atoms with E-state index in [0.717, 1.165) is 5.56 Å². The maximum absolute atomic E-state index is 13.8. The number of hydrogen-bond donors (Lipinski definition) is 3. The molecule has 1 amide bonds. The van der Waals surface area contributed by atoms with Crippen molar-refractivity contribution in [1.82, 2.24) is 24.5 Å². The molecule has 38 heavy (non-hydrogen) atoms. The molecule has 1 saturated heterocycles. The highest BCUT2D eigenvalue weighted by molar-refractivity contribution is 7.08. The van der Waals surface area contributed by atoms with Crippen LogP contribution in [-0.2, 0) is 18.4 Å². The number of rotatable bonds is 6. The zero-order valence-electron chi connectivity index (χ0n) is 20.6. The Morgan fingerprint density at radius 2 is 2.08 bits per heavy atom. The fraction of sp³-hybridized carbons (Fsp3) is 0.320. The van der Waals surface area contributed by atoms with Gasteiger partial charge in [0.15, 0.2) is 5.69 Å². The summed E-state index contributed by atoms with van der Waals surface area (Å²) in [6, 6.07) is 6.63. The quantitative estimate of drug-likeness (QED) is 0.312. The van der Waals surface area contributed by atoms with Crippen molar-refractivity contribution in [2.75, 3.05) is 20.3 Å². The summed E-state index contributed by atoms with van der Waals surface area (Å²) >= 11 is 1.47. The third kappa shape index (κ3) is 4.04. The molecule has 4 aromatic rings. The van der Waals surface area contributed by atoms with Crippen LogP contribution >= 0.6 is 11.3 Å². The van der Waals surface area contributed by atoms with Crippen LogP contribution in [0.2, 0.25) is 0 Å². The molecule has 0 aliphatic carbocycles. The summed E-state index contributed by atoms with van der Waals surface area (Å²) in [5, 5.41) is 43.3. The van der Waals surface area contributed by atoms with Gasteiger partial charge in [0, 0.05) is 48.0 Å². The average Bonchev–Trinajstić information content (AvgIpc) is 3.69. The summed E-state index contributed by atoms with van der Waals surface area (Å²) in [7, 11) is 3.39. The molecule has 1 atom stereocenters. The van der Waals surface area contributed by atoms with Crippen molar-refractivity contribution in [3.8, 4) is 39.7 Å². The van der Waals surface area contributed by atoms with E-state index in [2.05, 4.69) is 10.2 Å². The molecular formula is C25H25N5O7S. The van der Waals surface area contributed by atoms with Gasteiger partial charge in [-0.15, -0.1) is 0 Å². The predicted molar refractivity (Wildman–Crippen MR) is 135 cm³/mol. The van der Waals surface area contributed by atoms with E-state index in [1.54, 1.807) is 22.5 Å². The van der Waals surface area contributed by atoms with Gasteiger partial charge in [0.05, 0.1) is 36.8 Å². The van der Waals surface area contributed by atoms with Crippen LogP contribution in [0.5, 0.6) is 11.5 Å². The zero-order chi connectivity index (χ0) is 26.6. The number of aromatic nitrogens is 4. The molecule has 5 heterocycles. The molecule has 13 heteroatoms. The number of carbonyl (C=O) groups is 1. The lowest BCUT2D eigenvalue weighted by molar-refractivity contribution is -0.384. The van der Waals surface area contributed by atoms with E-state index in [4.69, 9.17) is 14.2 Å². The Bertz CT molecular complexity index is 1500. The number of methoxy groups -OCH3 is 1. The van der Waals surface area contributed by atoms with Crippen molar-refractivity contribution in [1.29, 1.82) is 0 Å². The number of fused-ring (bicyclic) bond motifs is 3. The summed E-state index contributed by atoms with van der Waals surface area (Å²) in [5.74, 6) is 0.247. The molecule has 0 radical (unpaired) electrons. The van der Waals surface area contributed by atoms with Crippen LogP contribution in [0.15, 0.2) is 41.2 Å². The molecule has 6 rings (SSSR count). The minimum atomic E-state index is -3.40. The second kappa shape index (κ2) is 9.22. The van der Waals surface area contributed by atoms with Gasteiger partial charge in [-0.1, -0.05) is 0 Å². The minimum absolute atomic E-state index is 0.01000. The predicted octanol–water partition coefficient (Wildman–Crippen LogP) is 1.72. The lowest BCUT2D eigenvalue weighted by atomic mass is 9.97. The standard InChI is InChI=1S/C25H25N5O7S/c1-28-6-3-19(26-28)16-9-17-21(10-20(16)35-2)37-12-18-22(27-30(23(17)18)15-5-8-38-13-15)24(31)29(25(32,33)34)14-4-7-36-11-14/h3,5-6,8-10,13-14,32-34H,4,7,11-12H2,1-2H3. The molecule has 2 aliphatic rings. The number of ether oxygens (including phenoxy) is 3. The van der Waals surface area contributed by atoms with Gasteiger partial charge in [-0.05, 0) is 30.0 Å². The van der Waals surface area contributed by atoms with Crippen LogP contribution in [0.1, 0.15) is 22.5 Å². The van der Waals surface area contributed by atoms with E-state index in [-0.39, 0.29) is 18.9 Å². The highest BCUT2D eigenvalue weighted by atomic mass is 32.1. The number of aryl methyl sites for hydroxylation is 1. The number of carbonyl (C=O) groups excluding carboxylic acids is 1. The van der Waals surface area contributed by atoms with E-state index in [0.29, 0.717) is 57.6 Å². The van der Waals surface area contributed by atoms with Gasteiger partial charge < -0.3 is 29.5 Å². The van der Waals surface area contributed by atoms with E-state index < -0.39 is 18.0 Å². The van der Waals surface area contributed by atoms with Crippen molar-refractivity contribution in [3.05, 3.63) is 52.5 Å². The monoisotopic (exact) mass is 539 g/mol. The first kappa shape index (κ1) is 24.6. The number of aliphatic hydroxyl groups is 3. The maximum atomic E-state index is 13.8. The molecule has 3 aromatic heterocycles. The summed E-state index contributed by atoms with van der Waals surface area (Å²) in [5.41, 5.74) is 3.76. The van der Waals surface area contributed by atoms with Gasteiger partial charge in [0.25, 0.3) is 5.91 Å². The molecule has 1 aromatic carbocycles. The van der Waals surface area contributed by atoms with Crippen LogP contribution in [-0.4, -0.2) is 78.2 Å². The normalized spacial score (nSPS) is 16.6. The highest BCUT2D eigenvalue weighted by Crippen LogP contribution is 2.46. The highest BCUT2D eigenvalue weighted by Gasteiger charge is 2.44. The Morgan fingerprint density at radius 1 is 1.24 bits per heavy atom. The summed E-state index contributed by atoms with van der Waals surface area (Å²) in [6.07, 6.45) is -1.24. The van der Waals surface area contributed by atoms with Crippen molar-refractivity contribution in [3.63, 3.8) is 0 Å². The van der Waals surface area contributed by atoms with Crippen LogP contribution < -0.4 is 9.47 Å². The van der Waals surface area contributed by atoms with Crippen molar-refractivity contribution in [2.24, 2.45) is 7.05 Å². The van der Waals surface area contributed by atoms with Crippen molar-refractivity contribution >= 4 is 17.2 Å². The Labute approximate surface area is 220 Å². The molecule has 12 nitrogen and oxygen atoms in total. The number of hydrogen-bond acceptors (Lipinski definition) is 10. The summed E-state index contributed by atoms with van der Waals surface area (Å²) in [6.45, 7) is 0.361. The second-order valence-corrected chi connectivity index (χ2v) is 9.85. The van der Waals surface area contributed by atoms with Crippen LogP contribution in [0.25, 0.3) is 28.2 Å². The number of nitrogens with zero attached hydrogens (tertiary/aromatic N) is 5. The molecular weight excluding hydrogens is 514 g/mol. The van der Waals surface area contributed by atoms with Crippen LogP contribution in [0.4, 0.5) is 0 Å². The first-order chi connectivity index (χ1) is 18.3. The van der Waals surface area contributed by atoms with Crippen LogP contribution in [0.3, 0.4) is 0 Å². The smallest absolute Gasteiger partial charge is 0.372 e. The fourth-order valence-electron chi connectivity index (χ4n) is 4.93. The Hall–Kier alpha value is -3.75. The lowest BCUT2D eigenvalue weighted by Crippen LogP contribution is -2.57. The zero-order valence-corrected chi connectivity index (χ0v) is 21.4. The Balaban J connectivity index is 1.55. The summed E-state index contributed by atoms with van der Waals surface area (Å²) in [4.78, 5) is 14.4. The largest absolute Gasteiger partial charge is 0.496 e. The van der Waals surface area contributed by atoms with Crippen molar-refractivity contribution < 1.29 is 34.3 Å². The van der Waals surface area contributed by atoms with Gasteiger partial charge in [0.2, 0.25) is 0 Å². The molecule has 1 unspecified atom stereocenters. The third-order valence-electron chi connectivity index (χ3n) is 6.67. The minimum Gasteiger partial charge on any atom is -0.496 e. The van der Waals surface area contributed by atoms with Gasteiger partial charge in [-0.3, -0.25) is 14.4 Å². The third-order valence-corrected chi connectivity index (χ3v) is 7.34. The molecule has 1 fully saturated rings. The first-order valence-electron chi connectivity index (χ1n) is 11.8. The molecule has 198 valence electrons. The molecule has 0 saturated carbocycles. The Kier molecular flexibility index (Phi) is 5.96. The first-order valence-corrected chi connectivity index (χ1v) is 12.8. The number of thiophene rings is 1. The summed E-state index contributed by atoms with van der Waals surface area (Å²) < 4.78 is 20.3. The Morgan fingerprint density at radius 3 is 2.71 bits per heavy atom. The fourth-order valence-corrected chi connectivity index (χ4v) is 5.54. The van der Waals surface area contributed by atoms with Gasteiger partial charge >= 0.3 is 6.10 Å². The maximum Gasteiger partial charge on any atom is 0.372 e. The second-order valence-electron chi connectivity index (χ2n) is 9.07. The van der Waals surface area contributed by atoms with E-state index in [1.165, 1.54) is 11.3 Å². The topological polar surface area (TPSA) is 144 Å². The molecule has 2 aliphatic heterocycles. The SMILES string of the molecule is COc1cc2c(cc1-c1ccn(C)n1)-c1c(c(C(=O)N(C3CCOC3)C(O)(O)O)nn1-c1ccsc1)CO2. The number of amides is 1. The van der Waals surface area contributed by atoms with Gasteiger partial charge in [0.1, 0.15) is 18.1 Å². The van der Waals surface area contributed by atoms with E-state index in [1.807, 2.05) is 42.2 Å².